The van der Waals surface area contributed by atoms with Crippen LogP contribution in [0.5, 0.6) is 0 Å². The van der Waals surface area contributed by atoms with Crippen molar-refractivity contribution in [1.82, 2.24) is 15.6 Å². The summed E-state index contributed by atoms with van der Waals surface area (Å²) in [4.78, 5) is 13.6. The largest absolute Gasteiger partial charge is 0.378 e. The van der Waals surface area contributed by atoms with Gasteiger partial charge in [0.1, 0.15) is 5.01 Å². The van der Waals surface area contributed by atoms with Gasteiger partial charge in [0.2, 0.25) is 11.0 Å². The molecule has 3 N–H and O–H groups in total. The van der Waals surface area contributed by atoms with Crippen molar-refractivity contribution < 1.29 is 4.79 Å². The van der Waals surface area contributed by atoms with Crippen molar-refractivity contribution >= 4 is 34.3 Å². The Morgan fingerprint density at radius 2 is 2.10 bits per heavy atom. The van der Waals surface area contributed by atoms with E-state index in [1.165, 1.54) is 11.3 Å². The van der Waals surface area contributed by atoms with Crippen LogP contribution in [-0.4, -0.2) is 36.4 Å². The van der Waals surface area contributed by atoms with E-state index in [0.717, 1.165) is 11.3 Å². The Morgan fingerprint density at radius 3 is 2.67 bits per heavy atom. The van der Waals surface area contributed by atoms with Gasteiger partial charge in [-0.15, -0.1) is 10.2 Å². The monoisotopic (exact) mass is 304 g/mol. The molecule has 0 aliphatic rings. The molecule has 1 amide bonds. The second-order valence-electron chi connectivity index (χ2n) is 4.49. The number of amides is 1. The first-order chi connectivity index (χ1) is 10.0. The van der Waals surface area contributed by atoms with Gasteiger partial charge in [-0.1, -0.05) is 23.5 Å². The molecule has 1 heterocycles. The van der Waals surface area contributed by atoms with Gasteiger partial charge in [0.15, 0.2) is 0 Å². The maximum Gasteiger partial charge on any atom is 0.247 e. The lowest BCUT2D eigenvalue weighted by molar-refractivity contribution is -0.120. The summed E-state index contributed by atoms with van der Waals surface area (Å²) in [6.07, 6.45) is 1.71. The SMILES string of the molecule is CN(C)c1ccc(/C=N/NC(=O)Cc2nnc(N)s2)cc1. The minimum Gasteiger partial charge on any atom is -0.378 e. The van der Waals surface area contributed by atoms with Crippen molar-refractivity contribution in [2.24, 2.45) is 5.10 Å². The number of rotatable bonds is 5. The third-order valence-electron chi connectivity index (χ3n) is 2.61. The van der Waals surface area contributed by atoms with Crippen molar-refractivity contribution in [3.8, 4) is 0 Å². The average molecular weight is 304 g/mol. The molecule has 21 heavy (non-hydrogen) atoms. The fourth-order valence-corrected chi connectivity index (χ4v) is 2.16. The highest BCUT2D eigenvalue weighted by Gasteiger charge is 2.06. The van der Waals surface area contributed by atoms with Gasteiger partial charge in [0, 0.05) is 19.8 Å². The Balaban J connectivity index is 1.85. The minimum atomic E-state index is -0.257. The molecule has 0 aliphatic carbocycles. The number of carbonyl (C=O) groups excluding carboxylic acids is 1. The lowest BCUT2D eigenvalue weighted by atomic mass is 10.2. The third kappa shape index (κ3) is 4.53. The van der Waals surface area contributed by atoms with Crippen molar-refractivity contribution in [2.75, 3.05) is 24.7 Å². The topological polar surface area (TPSA) is 96.5 Å². The molecule has 8 heteroatoms. The zero-order valence-corrected chi connectivity index (χ0v) is 12.6. The van der Waals surface area contributed by atoms with Gasteiger partial charge in [0.05, 0.1) is 12.6 Å². The number of hydrogen-bond acceptors (Lipinski definition) is 7. The molecule has 0 spiro atoms. The molecule has 110 valence electrons. The summed E-state index contributed by atoms with van der Waals surface area (Å²) in [6, 6.07) is 7.81. The van der Waals surface area contributed by atoms with E-state index >= 15 is 0 Å². The van der Waals surface area contributed by atoms with Crippen LogP contribution in [0.4, 0.5) is 10.8 Å². The van der Waals surface area contributed by atoms with Gasteiger partial charge in [-0.25, -0.2) is 5.43 Å². The van der Waals surface area contributed by atoms with Crippen LogP contribution in [-0.2, 0) is 11.2 Å². The van der Waals surface area contributed by atoms with Crippen molar-refractivity contribution in [1.29, 1.82) is 0 Å². The predicted molar refractivity (Wildman–Crippen MR) is 84.5 cm³/mol. The highest BCUT2D eigenvalue weighted by Crippen LogP contribution is 2.11. The molecule has 0 bridgehead atoms. The summed E-state index contributed by atoms with van der Waals surface area (Å²) in [7, 11) is 3.95. The van der Waals surface area contributed by atoms with Crippen LogP contribution in [0.15, 0.2) is 29.4 Å². The van der Waals surface area contributed by atoms with Crippen LogP contribution in [0, 0.1) is 0 Å². The number of nitrogens with one attached hydrogen (secondary N) is 1. The lowest BCUT2D eigenvalue weighted by Gasteiger charge is -2.11. The summed E-state index contributed by atoms with van der Waals surface area (Å²) in [6.45, 7) is 0. The Hall–Kier alpha value is -2.48. The molecular formula is C13H16N6OS. The molecular weight excluding hydrogens is 288 g/mol. The quantitative estimate of drug-likeness (QED) is 0.631. The Labute approximate surface area is 126 Å². The van der Waals surface area contributed by atoms with Gasteiger partial charge < -0.3 is 10.6 Å². The van der Waals surface area contributed by atoms with Gasteiger partial charge in [-0.05, 0) is 17.7 Å². The van der Waals surface area contributed by atoms with E-state index in [-0.39, 0.29) is 12.3 Å². The van der Waals surface area contributed by atoms with E-state index in [2.05, 4.69) is 20.7 Å². The summed E-state index contributed by atoms with van der Waals surface area (Å²) in [5.74, 6) is -0.257. The fourth-order valence-electron chi connectivity index (χ4n) is 1.55. The standard InChI is InChI=1S/C13H16N6OS/c1-19(2)10-5-3-9(4-6-10)8-15-16-11(20)7-12-17-18-13(14)21-12/h3-6,8H,7H2,1-2H3,(H2,14,18)(H,16,20)/b15-8+. The molecule has 0 unspecified atom stereocenters. The number of benzene rings is 1. The van der Waals surface area contributed by atoms with Gasteiger partial charge in [0.25, 0.3) is 0 Å². The van der Waals surface area contributed by atoms with E-state index in [1.54, 1.807) is 6.21 Å². The number of nitrogens with zero attached hydrogens (tertiary/aromatic N) is 4. The van der Waals surface area contributed by atoms with Crippen LogP contribution < -0.4 is 16.1 Å². The zero-order valence-electron chi connectivity index (χ0n) is 11.8. The van der Waals surface area contributed by atoms with Crippen LogP contribution >= 0.6 is 11.3 Å². The van der Waals surface area contributed by atoms with Crippen molar-refractivity contribution in [3.63, 3.8) is 0 Å². The Bertz CT molecular complexity index is 634. The molecule has 0 saturated heterocycles. The summed E-state index contributed by atoms with van der Waals surface area (Å²) >= 11 is 1.19. The fraction of sp³-hybridized carbons (Fsp3) is 0.231. The number of carbonyl (C=O) groups is 1. The molecule has 0 fully saturated rings. The molecule has 2 aromatic rings. The van der Waals surface area contributed by atoms with E-state index in [9.17, 15) is 4.79 Å². The number of nitrogens with two attached hydrogens (primary N) is 1. The summed E-state index contributed by atoms with van der Waals surface area (Å²) < 4.78 is 0. The van der Waals surface area contributed by atoms with Gasteiger partial charge in [-0.2, -0.15) is 5.10 Å². The second-order valence-corrected chi connectivity index (χ2v) is 5.58. The van der Waals surface area contributed by atoms with Crippen molar-refractivity contribution in [2.45, 2.75) is 6.42 Å². The first-order valence-corrected chi connectivity index (χ1v) is 7.03. The van der Waals surface area contributed by atoms with E-state index < -0.39 is 0 Å². The average Bonchev–Trinajstić information content (AvgIpc) is 2.84. The highest BCUT2D eigenvalue weighted by molar-refractivity contribution is 7.15. The molecule has 0 saturated carbocycles. The maximum absolute atomic E-state index is 11.6. The van der Waals surface area contributed by atoms with Gasteiger partial charge >= 0.3 is 0 Å². The third-order valence-corrected chi connectivity index (χ3v) is 3.36. The smallest absolute Gasteiger partial charge is 0.247 e. The van der Waals surface area contributed by atoms with Crippen LogP contribution in [0.3, 0.4) is 0 Å². The first kappa shape index (κ1) is 14.9. The number of anilines is 2. The Kier molecular flexibility index (Phi) is 4.83. The number of aromatic nitrogens is 2. The lowest BCUT2D eigenvalue weighted by Crippen LogP contribution is -2.19. The molecule has 0 atom stereocenters. The van der Waals surface area contributed by atoms with Crippen LogP contribution in [0.25, 0.3) is 0 Å². The highest BCUT2D eigenvalue weighted by atomic mass is 32.1. The van der Waals surface area contributed by atoms with Crippen LogP contribution in [0.2, 0.25) is 0 Å². The first-order valence-electron chi connectivity index (χ1n) is 6.22. The van der Waals surface area contributed by atoms with Crippen LogP contribution in [0.1, 0.15) is 10.6 Å². The number of nitrogen functional groups attached to an aromatic ring is 1. The summed E-state index contributed by atoms with van der Waals surface area (Å²) in [5.41, 5.74) is 9.89. The van der Waals surface area contributed by atoms with E-state index in [0.29, 0.717) is 10.1 Å². The van der Waals surface area contributed by atoms with E-state index in [4.69, 9.17) is 5.73 Å². The maximum atomic E-state index is 11.6. The second kappa shape index (κ2) is 6.80. The van der Waals surface area contributed by atoms with Crippen molar-refractivity contribution in [3.05, 3.63) is 34.8 Å². The Morgan fingerprint density at radius 1 is 1.38 bits per heavy atom. The summed E-state index contributed by atoms with van der Waals surface area (Å²) in [5, 5.41) is 12.2. The zero-order chi connectivity index (χ0) is 15.2. The molecule has 2 rings (SSSR count). The molecule has 7 nitrogen and oxygen atoms in total. The van der Waals surface area contributed by atoms with Gasteiger partial charge in [-0.3, -0.25) is 4.79 Å². The number of hydrogen-bond donors (Lipinski definition) is 2. The molecule has 1 aromatic carbocycles. The normalized spacial score (nSPS) is 10.8. The predicted octanol–water partition coefficient (Wildman–Crippen LogP) is 0.879. The molecule has 0 aliphatic heterocycles. The minimum absolute atomic E-state index is 0.117. The van der Waals surface area contributed by atoms with E-state index in [1.807, 2.05) is 43.3 Å². The molecule has 0 radical (unpaired) electrons. The molecule has 1 aromatic heterocycles. The number of hydrazone groups is 1.